The van der Waals surface area contributed by atoms with Crippen molar-refractivity contribution in [1.29, 1.82) is 0 Å². The molecule has 0 saturated carbocycles. The zero-order valence-corrected chi connectivity index (χ0v) is 12.3. The third kappa shape index (κ3) is 4.66. The van der Waals surface area contributed by atoms with E-state index >= 15 is 0 Å². The van der Waals surface area contributed by atoms with E-state index in [4.69, 9.17) is 0 Å². The van der Waals surface area contributed by atoms with Crippen LogP contribution in [0.15, 0.2) is 18.2 Å². The molecule has 0 atom stereocenters. The van der Waals surface area contributed by atoms with Crippen molar-refractivity contribution in [2.24, 2.45) is 0 Å². The predicted octanol–water partition coefficient (Wildman–Crippen LogP) is 2.47. The van der Waals surface area contributed by atoms with E-state index in [9.17, 15) is 14.7 Å². The van der Waals surface area contributed by atoms with Crippen LogP contribution in [0.2, 0.25) is 0 Å². The van der Waals surface area contributed by atoms with Gasteiger partial charge in [-0.15, -0.1) is 0 Å². The number of unbranched alkanes of at least 4 members (excludes halogenated alkanes) is 2. The summed E-state index contributed by atoms with van der Waals surface area (Å²) in [6, 6.07) is 5.60. The van der Waals surface area contributed by atoms with E-state index in [0.717, 1.165) is 44.1 Å². The van der Waals surface area contributed by atoms with Gasteiger partial charge in [-0.1, -0.05) is 0 Å². The molecule has 4 heteroatoms. The molecule has 0 amide bonds. The minimum absolute atomic E-state index is 0.344. The Hall–Kier alpha value is -0.470. The molecule has 1 aromatic rings. The van der Waals surface area contributed by atoms with Crippen LogP contribution in [0.25, 0.3) is 0 Å². The maximum atomic E-state index is 9.49. The number of hydrogen-bond donors (Lipinski definition) is 3. The van der Waals surface area contributed by atoms with Gasteiger partial charge in [-0.05, 0) is 0 Å². The molecule has 0 bridgehead atoms. The minimum atomic E-state index is -4.18. The van der Waals surface area contributed by atoms with Crippen molar-refractivity contribution in [3.8, 4) is 0 Å². The fraction of sp³-hybridized carbons (Fsp3) is 0.571. The molecule has 1 aromatic carbocycles. The van der Waals surface area contributed by atoms with Gasteiger partial charge >= 0.3 is 110 Å². The van der Waals surface area contributed by atoms with E-state index in [1.54, 1.807) is 6.07 Å². The van der Waals surface area contributed by atoms with Crippen LogP contribution < -0.4 is 5.30 Å². The Morgan fingerprint density at radius 1 is 0.944 bits per heavy atom. The molecule has 0 aliphatic carbocycles. The van der Waals surface area contributed by atoms with Crippen molar-refractivity contribution < 1.29 is 14.7 Å². The summed E-state index contributed by atoms with van der Waals surface area (Å²) >= 11 is 0. The van der Waals surface area contributed by atoms with Crippen LogP contribution in [-0.2, 0) is 12.8 Å². The monoisotopic (exact) mass is 272 g/mol. The second-order valence-corrected chi connectivity index (χ2v) is 6.64. The molecule has 3 N–H and O–H groups in total. The van der Waals surface area contributed by atoms with E-state index in [0.29, 0.717) is 5.30 Å². The maximum absolute atomic E-state index is 9.49. The molecule has 0 spiro atoms. The number of hydrogen-bond acceptors (Lipinski definition) is 3. The van der Waals surface area contributed by atoms with Crippen molar-refractivity contribution in [2.45, 2.75) is 52.4 Å². The van der Waals surface area contributed by atoms with Gasteiger partial charge in [0.05, 0.1) is 0 Å². The quantitative estimate of drug-likeness (QED) is 0.668. The van der Waals surface area contributed by atoms with E-state index in [1.807, 2.05) is 12.1 Å². The predicted molar refractivity (Wildman–Crippen MR) is 78.3 cm³/mol. The molecule has 0 aliphatic rings. The average Bonchev–Trinajstić information content (AvgIpc) is 2.32. The van der Waals surface area contributed by atoms with Crippen LogP contribution in [0.4, 0.5) is 0 Å². The van der Waals surface area contributed by atoms with E-state index < -0.39 is 7.94 Å². The molecule has 18 heavy (non-hydrogen) atoms. The summed E-state index contributed by atoms with van der Waals surface area (Å²) in [5.74, 6) is 0. The van der Waals surface area contributed by atoms with Crippen molar-refractivity contribution >= 4 is 13.2 Å². The van der Waals surface area contributed by atoms with Crippen molar-refractivity contribution in [3.05, 3.63) is 29.3 Å². The van der Waals surface area contributed by atoms with E-state index in [-0.39, 0.29) is 0 Å². The first-order chi connectivity index (χ1) is 8.49. The zero-order chi connectivity index (χ0) is 13.6. The molecular weight excluding hydrogens is 247 g/mol. The molecule has 0 fully saturated rings. The second-order valence-electron chi connectivity index (χ2n) is 4.83. The Bertz CT molecular complexity index is 372. The van der Waals surface area contributed by atoms with Gasteiger partial charge in [0, 0.05) is 0 Å². The third-order valence-corrected chi connectivity index (χ3v) is 4.36. The van der Waals surface area contributed by atoms with Gasteiger partial charge < -0.3 is 0 Å². The molecule has 0 radical (unpaired) electrons. The summed E-state index contributed by atoms with van der Waals surface area (Å²) in [6.45, 7) is 4.25. The normalized spacial score (nSPS) is 12.7. The molecule has 0 saturated heterocycles. The number of benzene rings is 1. The first kappa shape index (κ1) is 15.6. The summed E-state index contributed by atoms with van der Waals surface area (Å²) in [6.07, 6.45) is 6.12. The molecular formula is C14H25O3P. The first-order valence-electron chi connectivity index (χ1n) is 6.78. The topological polar surface area (TPSA) is 60.7 Å². The molecule has 1 rings (SSSR count). The van der Waals surface area contributed by atoms with Crippen LogP contribution in [0.5, 0.6) is 0 Å². The zero-order valence-electron chi connectivity index (χ0n) is 11.3. The summed E-state index contributed by atoms with van der Waals surface area (Å²) in [7, 11) is -4.18. The van der Waals surface area contributed by atoms with Crippen molar-refractivity contribution in [3.63, 3.8) is 0 Å². The summed E-state index contributed by atoms with van der Waals surface area (Å²) in [5.41, 5.74) is 2.11. The van der Waals surface area contributed by atoms with Crippen molar-refractivity contribution in [2.75, 3.05) is 0 Å². The van der Waals surface area contributed by atoms with Gasteiger partial charge in [0.15, 0.2) is 0 Å². The Balaban J connectivity index is 2.96. The molecule has 0 unspecified atom stereocenters. The van der Waals surface area contributed by atoms with Gasteiger partial charge in [-0.3, -0.25) is 0 Å². The molecule has 3 nitrogen and oxygen atoms in total. The average molecular weight is 272 g/mol. The second kappa shape index (κ2) is 7.20. The third-order valence-electron chi connectivity index (χ3n) is 3.15. The van der Waals surface area contributed by atoms with E-state index in [2.05, 4.69) is 13.8 Å². The van der Waals surface area contributed by atoms with Gasteiger partial charge in [-0.25, -0.2) is 0 Å². The van der Waals surface area contributed by atoms with Gasteiger partial charge in [0.25, 0.3) is 0 Å². The Labute approximate surface area is 110 Å². The van der Waals surface area contributed by atoms with Gasteiger partial charge in [0.1, 0.15) is 0 Å². The standard InChI is InChI=1S/C14H25O3P/c1-3-5-7-12-9-10-14(18(15,16)17)13(11-12)8-6-4-2/h9-11,15-18H,3-8H2,1-2H3. The molecule has 0 aromatic heterocycles. The van der Waals surface area contributed by atoms with Crippen LogP contribution in [0.3, 0.4) is 0 Å². The van der Waals surface area contributed by atoms with Crippen LogP contribution in [-0.4, -0.2) is 14.7 Å². The summed E-state index contributed by atoms with van der Waals surface area (Å²) in [4.78, 5) is 28.5. The van der Waals surface area contributed by atoms with Crippen LogP contribution >= 0.6 is 7.94 Å². The van der Waals surface area contributed by atoms with Gasteiger partial charge in [0.2, 0.25) is 0 Å². The number of aryl methyl sites for hydroxylation is 2. The van der Waals surface area contributed by atoms with Crippen LogP contribution in [0.1, 0.15) is 50.7 Å². The SMILES string of the molecule is CCCCc1ccc([PH](O)(O)O)c(CCCC)c1. The van der Waals surface area contributed by atoms with Gasteiger partial charge in [-0.2, -0.15) is 0 Å². The van der Waals surface area contributed by atoms with Crippen molar-refractivity contribution in [1.82, 2.24) is 0 Å². The van der Waals surface area contributed by atoms with Crippen LogP contribution in [0, 0.1) is 0 Å². The fourth-order valence-corrected chi connectivity index (χ4v) is 3.02. The number of rotatable bonds is 7. The Kier molecular flexibility index (Phi) is 6.24. The molecule has 0 aliphatic heterocycles. The fourth-order valence-electron chi connectivity index (χ4n) is 2.08. The first-order valence-corrected chi connectivity index (χ1v) is 8.62. The summed E-state index contributed by atoms with van der Waals surface area (Å²) < 4.78 is 0. The molecule has 0 heterocycles. The Morgan fingerprint density at radius 2 is 1.56 bits per heavy atom. The molecule has 104 valence electrons. The Morgan fingerprint density at radius 3 is 2.11 bits per heavy atom. The summed E-state index contributed by atoms with van der Waals surface area (Å²) in [5, 5.41) is 0.344. The van der Waals surface area contributed by atoms with E-state index in [1.165, 1.54) is 5.56 Å².